The number of hydrogen-bond donors (Lipinski definition) is 1. The minimum Gasteiger partial charge on any atom is -0.496 e. The quantitative estimate of drug-likeness (QED) is 0.845. The molecule has 1 amide bonds. The van der Waals surface area contributed by atoms with Gasteiger partial charge in [-0.3, -0.25) is 4.79 Å². The maximum absolute atomic E-state index is 13.9. The van der Waals surface area contributed by atoms with E-state index >= 15 is 0 Å². The number of hydrogen-bond acceptors (Lipinski definition) is 3. The molecule has 0 aromatic heterocycles. The fraction of sp³-hybridized carbons (Fsp3) is 0.381. The number of carbonyl (C=O) groups excluding carboxylic acids is 1. The molecule has 2 unspecified atom stereocenters. The van der Waals surface area contributed by atoms with Gasteiger partial charge in [-0.1, -0.05) is 43.3 Å². The Morgan fingerprint density at radius 2 is 1.96 bits per heavy atom. The summed E-state index contributed by atoms with van der Waals surface area (Å²) in [5.41, 5.74) is 1.57. The molecular weight excluding hydrogens is 367 g/mol. The number of para-hydroxylation sites is 1. The standard InChI is InChI=1S/C21H25FN2O2.ClH/c1-15(13-16-7-3-5-9-18(16)22)21(25)24-12-11-23-14-19(24)17-8-4-6-10-20(17)26-2;/h3-10,15,19,23H,11-14H2,1-2H3;1H. The molecule has 146 valence electrons. The highest BCUT2D eigenvalue weighted by Gasteiger charge is 2.32. The Morgan fingerprint density at radius 1 is 1.26 bits per heavy atom. The molecule has 1 aliphatic rings. The van der Waals surface area contributed by atoms with Crippen LogP contribution in [0.5, 0.6) is 5.75 Å². The van der Waals surface area contributed by atoms with Gasteiger partial charge in [-0.2, -0.15) is 0 Å². The van der Waals surface area contributed by atoms with E-state index in [2.05, 4.69) is 5.32 Å². The molecule has 27 heavy (non-hydrogen) atoms. The molecule has 0 radical (unpaired) electrons. The molecule has 1 heterocycles. The van der Waals surface area contributed by atoms with E-state index in [-0.39, 0.29) is 36.1 Å². The van der Waals surface area contributed by atoms with Gasteiger partial charge in [-0.15, -0.1) is 12.4 Å². The number of benzene rings is 2. The van der Waals surface area contributed by atoms with Crippen LogP contribution in [0.3, 0.4) is 0 Å². The zero-order valence-corrected chi connectivity index (χ0v) is 16.5. The molecule has 0 aliphatic carbocycles. The van der Waals surface area contributed by atoms with Crippen molar-refractivity contribution in [2.75, 3.05) is 26.7 Å². The van der Waals surface area contributed by atoms with Crippen molar-refractivity contribution in [3.05, 3.63) is 65.5 Å². The van der Waals surface area contributed by atoms with Crippen molar-refractivity contribution in [1.29, 1.82) is 0 Å². The van der Waals surface area contributed by atoms with E-state index in [9.17, 15) is 9.18 Å². The maximum Gasteiger partial charge on any atom is 0.226 e. The highest BCUT2D eigenvalue weighted by atomic mass is 35.5. The molecule has 1 fully saturated rings. The number of halogens is 2. The third-order valence-electron chi connectivity index (χ3n) is 4.93. The first kappa shape index (κ1) is 21.2. The van der Waals surface area contributed by atoms with Crippen LogP contribution in [-0.4, -0.2) is 37.6 Å². The minimum absolute atomic E-state index is 0. The lowest BCUT2D eigenvalue weighted by Gasteiger charge is -2.38. The molecule has 2 aromatic carbocycles. The molecule has 6 heteroatoms. The van der Waals surface area contributed by atoms with Gasteiger partial charge in [0.05, 0.1) is 13.2 Å². The number of amides is 1. The van der Waals surface area contributed by atoms with Gasteiger partial charge in [0.2, 0.25) is 5.91 Å². The van der Waals surface area contributed by atoms with E-state index in [1.807, 2.05) is 36.1 Å². The van der Waals surface area contributed by atoms with Gasteiger partial charge in [0.25, 0.3) is 0 Å². The van der Waals surface area contributed by atoms with Crippen molar-refractivity contribution in [2.45, 2.75) is 19.4 Å². The van der Waals surface area contributed by atoms with E-state index < -0.39 is 0 Å². The van der Waals surface area contributed by atoms with E-state index in [1.165, 1.54) is 6.07 Å². The summed E-state index contributed by atoms with van der Waals surface area (Å²) in [6, 6.07) is 14.4. The molecule has 0 saturated carbocycles. The van der Waals surface area contributed by atoms with Gasteiger partial charge in [0.1, 0.15) is 11.6 Å². The average Bonchev–Trinajstić information content (AvgIpc) is 2.69. The first-order chi connectivity index (χ1) is 12.6. The molecule has 3 rings (SSSR count). The molecule has 0 spiro atoms. The van der Waals surface area contributed by atoms with Gasteiger partial charge < -0.3 is 15.0 Å². The Kier molecular flexibility index (Phi) is 7.63. The number of rotatable bonds is 5. The van der Waals surface area contributed by atoms with Crippen LogP contribution in [0.2, 0.25) is 0 Å². The first-order valence-corrected chi connectivity index (χ1v) is 8.99. The average molecular weight is 393 g/mol. The lowest BCUT2D eigenvalue weighted by atomic mass is 9.96. The topological polar surface area (TPSA) is 41.6 Å². The Labute approximate surface area is 166 Å². The molecule has 0 bridgehead atoms. The van der Waals surface area contributed by atoms with Crippen molar-refractivity contribution in [3.8, 4) is 5.75 Å². The monoisotopic (exact) mass is 392 g/mol. The third-order valence-corrected chi connectivity index (χ3v) is 4.93. The minimum atomic E-state index is -0.290. The van der Waals surface area contributed by atoms with Gasteiger partial charge in [0, 0.05) is 31.1 Å². The van der Waals surface area contributed by atoms with Crippen LogP contribution in [0.1, 0.15) is 24.1 Å². The van der Waals surface area contributed by atoms with E-state index in [1.54, 1.807) is 25.3 Å². The van der Waals surface area contributed by atoms with Gasteiger partial charge in [-0.05, 0) is 24.1 Å². The smallest absolute Gasteiger partial charge is 0.226 e. The van der Waals surface area contributed by atoms with Crippen molar-refractivity contribution in [2.24, 2.45) is 5.92 Å². The highest BCUT2D eigenvalue weighted by Crippen LogP contribution is 2.31. The van der Waals surface area contributed by atoms with E-state index in [4.69, 9.17) is 4.74 Å². The second-order valence-electron chi connectivity index (χ2n) is 6.69. The first-order valence-electron chi connectivity index (χ1n) is 8.99. The molecule has 1 saturated heterocycles. The van der Waals surface area contributed by atoms with Crippen LogP contribution >= 0.6 is 12.4 Å². The highest BCUT2D eigenvalue weighted by molar-refractivity contribution is 5.85. The number of methoxy groups -OCH3 is 1. The van der Waals surface area contributed by atoms with Crippen LogP contribution in [0.4, 0.5) is 4.39 Å². The summed E-state index contributed by atoms with van der Waals surface area (Å²) in [5, 5.41) is 3.36. The maximum atomic E-state index is 13.9. The number of piperazine rings is 1. The summed E-state index contributed by atoms with van der Waals surface area (Å²) in [5.74, 6) is 0.280. The van der Waals surface area contributed by atoms with Crippen LogP contribution < -0.4 is 10.1 Å². The second kappa shape index (κ2) is 9.72. The van der Waals surface area contributed by atoms with Gasteiger partial charge >= 0.3 is 0 Å². The number of nitrogens with zero attached hydrogens (tertiary/aromatic N) is 1. The summed E-state index contributed by atoms with van der Waals surface area (Å²) >= 11 is 0. The van der Waals surface area contributed by atoms with Crippen LogP contribution in [0, 0.1) is 11.7 Å². The second-order valence-corrected chi connectivity index (χ2v) is 6.69. The molecule has 4 nitrogen and oxygen atoms in total. The van der Waals surface area contributed by atoms with E-state index in [0.29, 0.717) is 25.1 Å². The summed E-state index contributed by atoms with van der Waals surface area (Å²) in [6.07, 6.45) is 0.397. The fourth-order valence-electron chi connectivity index (χ4n) is 3.55. The third kappa shape index (κ3) is 4.79. The molecular formula is C21H26ClFN2O2. The lowest BCUT2D eigenvalue weighted by Crippen LogP contribution is -2.50. The Hall–Kier alpha value is -2.11. The Bertz CT molecular complexity index is 771. The molecule has 1 aliphatic heterocycles. The number of ether oxygens (including phenoxy) is 1. The molecule has 2 aromatic rings. The van der Waals surface area contributed by atoms with Crippen molar-refractivity contribution >= 4 is 18.3 Å². The predicted molar refractivity (Wildman–Crippen MR) is 107 cm³/mol. The lowest BCUT2D eigenvalue weighted by molar-refractivity contribution is -0.138. The predicted octanol–water partition coefficient (Wildman–Crippen LogP) is 3.61. The largest absolute Gasteiger partial charge is 0.496 e. The number of nitrogens with one attached hydrogen (secondary N) is 1. The summed E-state index contributed by atoms with van der Waals surface area (Å²) in [6.45, 7) is 3.93. The zero-order chi connectivity index (χ0) is 18.5. The molecule has 1 N–H and O–H groups in total. The van der Waals surface area contributed by atoms with Crippen LogP contribution in [-0.2, 0) is 11.2 Å². The van der Waals surface area contributed by atoms with Crippen LogP contribution in [0.15, 0.2) is 48.5 Å². The van der Waals surface area contributed by atoms with Gasteiger partial charge in [0.15, 0.2) is 0 Å². The summed E-state index contributed by atoms with van der Waals surface area (Å²) < 4.78 is 19.4. The van der Waals surface area contributed by atoms with Gasteiger partial charge in [-0.25, -0.2) is 4.39 Å². The van der Waals surface area contributed by atoms with Crippen molar-refractivity contribution < 1.29 is 13.9 Å². The summed E-state index contributed by atoms with van der Waals surface area (Å²) in [7, 11) is 1.64. The fourth-order valence-corrected chi connectivity index (χ4v) is 3.55. The molecule has 2 atom stereocenters. The number of carbonyl (C=O) groups is 1. The van der Waals surface area contributed by atoms with Crippen LogP contribution in [0.25, 0.3) is 0 Å². The normalized spacial score (nSPS) is 17.7. The van der Waals surface area contributed by atoms with Crippen molar-refractivity contribution in [1.82, 2.24) is 10.2 Å². The summed E-state index contributed by atoms with van der Waals surface area (Å²) in [4.78, 5) is 15.0. The van der Waals surface area contributed by atoms with E-state index in [0.717, 1.165) is 17.9 Å². The Balaban J connectivity index is 0.00000261. The van der Waals surface area contributed by atoms with Crippen molar-refractivity contribution in [3.63, 3.8) is 0 Å². The Morgan fingerprint density at radius 3 is 2.70 bits per heavy atom. The SMILES string of the molecule is COc1ccccc1C1CNCCN1C(=O)C(C)Cc1ccccc1F.Cl. The zero-order valence-electron chi connectivity index (χ0n) is 15.7.